The van der Waals surface area contributed by atoms with Gasteiger partial charge in [0.2, 0.25) is 0 Å². The lowest BCUT2D eigenvalue weighted by Gasteiger charge is -2.21. The average molecular weight is 265 g/mol. The molecule has 0 aliphatic rings. The van der Waals surface area contributed by atoms with Gasteiger partial charge in [0.25, 0.3) is 0 Å². The van der Waals surface area contributed by atoms with Crippen LogP contribution in [0.3, 0.4) is 0 Å². The maximum atomic E-state index is 11.5. The highest BCUT2D eigenvalue weighted by molar-refractivity contribution is 5.75. The van der Waals surface area contributed by atoms with Crippen LogP contribution < -0.4 is 10.1 Å². The summed E-state index contributed by atoms with van der Waals surface area (Å²) in [6.07, 6.45) is 0. The molecule has 0 fully saturated rings. The molecule has 4 nitrogen and oxygen atoms in total. The number of hydrogen-bond donors (Lipinski definition) is 1. The molecule has 1 aromatic rings. The number of carbonyl (C=O) groups excluding carboxylic acids is 1. The number of benzene rings is 1. The molecule has 1 rings (SSSR count). The Balaban J connectivity index is 2.52. The topological polar surface area (TPSA) is 47.6 Å². The van der Waals surface area contributed by atoms with Crippen LogP contribution in [-0.2, 0) is 16.1 Å². The second kappa shape index (κ2) is 7.14. The molecule has 0 aromatic heterocycles. The first-order valence-corrected chi connectivity index (χ1v) is 6.50. The predicted molar refractivity (Wildman–Crippen MR) is 75.1 cm³/mol. The molecule has 0 unspecified atom stereocenters. The van der Waals surface area contributed by atoms with Crippen LogP contribution in [0.1, 0.15) is 26.3 Å². The van der Waals surface area contributed by atoms with Crippen molar-refractivity contribution in [1.29, 1.82) is 0 Å². The molecule has 106 valence electrons. The lowest BCUT2D eigenvalue weighted by atomic mass is 9.95. The maximum absolute atomic E-state index is 11.5. The molecule has 0 aliphatic carbocycles. The van der Waals surface area contributed by atoms with Gasteiger partial charge < -0.3 is 14.8 Å². The van der Waals surface area contributed by atoms with Crippen LogP contribution in [0.15, 0.2) is 24.3 Å². The van der Waals surface area contributed by atoms with E-state index in [1.807, 2.05) is 24.3 Å². The number of hydrogen-bond acceptors (Lipinski definition) is 4. The SMILES string of the molecule is CCNCc1ccc(OCC(C)(C)C(=O)OC)cc1. The lowest BCUT2D eigenvalue weighted by Crippen LogP contribution is -2.32. The number of nitrogens with one attached hydrogen (secondary N) is 1. The highest BCUT2D eigenvalue weighted by Crippen LogP contribution is 2.20. The summed E-state index contributed by atoms with van der Waals surface area (Å²) in [5.74, 6) is 0.494. The third kappa shape index (κ3) is 4.91. The van der Waals surface area contributed by atoms with Crippen LogP contribution in [0, 0.1) is 5.41 Å². The van der Waals surface area contributed by atoms with Crippen LogP contribution in [0.4, 0.5) is 0 Å². The van der Waals surface area contributed by atoms with Gasteiger partial charge in [-0.2, -0.15) is 0 Å². The minimum absolute atomic E-state index is 0.267. The van der Waals surface area contributed by atoms with Crippen LogP contribution in [0.25, 0.3) is 0 Å². The molecule has 0 aliphatic heterocycles. The van der Waals surface area contributed by atoms with Gasteiger partial charge >= 0.3 is 5.97 Å². The molecule has 0 saturated heterocycles. The third-order valence-electron chi connectivity index (χ3n) is 2.84. The molecular weight excluding hydrogens is 242 g/mol. The van der Waals surface area contributed by atoms with Crippen molar-refractivity contribution >= 4 is 5.97 Å². The Morgan fingerprint density at radius 1 is 1.26 bits per heavy atom. The van der Waals surface area contributed by atoms with Gasteiger partial charge in [0.1, 0.15) is 12.4 Å². The summed E-state index contributed by atoms with van der Waals surface area (Å²) in [5, 5.41) is 3.26. The van der Waals surface area contributed by atoms with Gasteiger partial charge in [-0.25, -0.2) is 0 Å². The van der Waals surface area contributed by atoms with Crippen LogP contribution in [-0.4, -0.2) is 26.2 Å². The average Bonchev–Trinajstić information content (AvgIpc) is 2.43. The third-order valence-corrected chi connectivity index (χ3v) is 2.84. The fourth-order valence-electron chi connectivity index (χ4n) is 1.57. The van der Waals surface area contributed by atoms with Crippen LogP contribution >= 0.6 is 0 Å². The molecule has 4 heteroatoms. The van der Waals surface area contributed by atoms with Crippen molar-refractivity contribution in [2.75, 3.05) is 20.3 Å². The predicted octanol–water partition coefficient (Wildman–Crippen LogP) is 2.37. The Kier molecular flexibility index (Phi) is 5.83. The van der Waals surface area contributed by atoms with Gasteiger partial charge in [0, 0.05) is 6.54 Å². The van der Waals surface area contributed by atoms with Crippen molar-refractivity contribution in [3.05, 3.63) is 29.8 Å². The summed E-state index contributed by atoms with van der Waals surface area (Å²) in [5.41, 5.74) is 0.568. The summed E-state index contributed by atoms with van der Waals surface area (Å²) >= 11 is 0. The number of methoxy groups -OCH3 is 1. The van der Waals surface area contributed by atoms with Gasteiger partial charge in [-0.15, -0.1) is 0 Å². The molecule has 1 N–H and O–H groups in total. The molecule has 1 aromatic carbocycles. The number of carbonyl (C=O) groups is 1. The maximum Gasteiger partial charge on any atom is 0.314 e. The molecule has 0 radical (unpaired) electrons. The molecule has 0 spiro atoms. The van der Waals surface area contributed by atoms with E-state index in [2.05, 4.69) is 12.2 Å². The highest BCUT2D eigenvalue weighted by atomic mass is 16.5. The Hall–Kier alpha value is -1.55. The van der Waals surface area contributed by atoms with Crippen molar-refractivity contribution in [2.24, 2.45) is 5.41 Å². The van der Waals surface area contributed by atoms with E-state index in [1.54, 1.807) is 13.8 Å². The number of ether oxygens (including phenoxy) is 2. The Bertz CT molecular complexity index is 398. The van der Waals surface area contributed by atoms with E-state index in [4.69, 9.17) is 9.47 Å². The number of rotatable bonds is 7. The minimum atomic E-state index is -0.642. The summed E-state index contributed by atoms with van der Waals surface area (Å²) in [7, 11) is 1.39. The monoisotopic (exact) mass is 265 g/mol. The first kappa shape index (κ1) is 15.5. The second-order valence-corrected chi connectivity index (χ2v) is 5.09. The van der Waals surface area contributed by atoms with Crippen molar-refractivity contribution in [1.82, 2.24) is 5.32 Å². The Morgan fingerprint density at radius 3 is 2.42 bits per heavy atom. The standard InChI is InChI=1S/C15H23NO3/c1-5-16-10-12-6-8-13(9-7-12)19-11-15(2,3)14(17)18-4/h6-9,16H,5,10-11H2,1-4H3. The summed E-state index contributed by atoms with van der Waals surface area (Å²) in [6, 6.07) is 7.87. The zero-order chi connectivity index (χ0) is 14.3. The normalized spacial score (nSPS) is 11.2. The molecule has 0 bridgehead atoms. The van der Waals surface area contributed by atoms with Gasteiger partial charge in [0.05, 0.1) is 12.5 Å². The van der Waals surface area contributed by atoms with E-state index in [0.717, 1.165) is 18.8 Å². The fraction of sp³-hybridized carbons (Fsp3) is 0.533. The molecule has 0 atom stereocenters. The minimum Gasteiger partial charge on any atom is -0.492 e. The lowest BCUT2D eigenvalue weighted by molar-refractivity contribution is -0.152. The largest absolute Gasteiger partial charge is 0.492 e. The number of esters is 1. The van der Waals surface area contributed by atoms with E-state index in [9.17, 15) is 4.79 Å². The second-order valence-electron chi connectivity index (χ2n) is 5.09. The van der Waals surface area contributed by atoms with Crippen LogP contribution in [0.2, 0.25) is 0 Å². The molecule has 0 saturated carbocycles. The summed E-state index contributed by atoms with van der Waals surface area (Å²) in [4.78, 5) is 11.5. The van der Waals surface area contributed by atoms with E-state index >= 15 is 0 Å². The van der Waals surface area contributed by atoms with Crippen molar-refractivity contribution in [3.63, 3.8) is 0 Å². The van der Waals surface area contributed by atoms with Gasteiger partial charge in [-0.1, -0.05) is 19.1 Å². The van der Waals surface area contributed by atoms with Gasteiger partial charge in [0.15, 0.2) is 0 Å². The van der Waals surface area contributed by atoms with Crippen molar-refractivity contribution in [2.45, 2.75) is 27.3 Å². The molecular formula is C15H23NO3. The summed E-state index contributed by atoms with van der Waals surface area (Å²) < 4.78 is 10.4. The first-order valence-electron chi connectivity index (χ1n) is 6.50. The quantitative estimate of drug-likeness (QED) is 0.769. The molecule has 19 heavy (non-hydrogen) atoms. The Morgan fingerprint density at radius 2 is 1.89 bits per heavy atom. The zero-order valence-electron chi connectivity index (χ0n) is 12.2. The highest BCUT2D eigenvalue weighted by Gasteiger charge is 2.29. The smallest absolute Gasteiger partial charge is 0.314 e. The van der Waals surface area contributed by atoms with Crippen molar-refractivity contribution in [3.8, 4) is 5.75 Å². The fourth-order valence-corrected chi connectivity index (χ4v) is 1.57. The van der Waals surface area contributed by atoms with Crippen molar-refractivity contribution < 1.29 is 14.3 Å². The Labute approximate surface area is 115 Å². The summed E-state index contributed by atoms with van der Waals surface area (Å²) in [6.45, 7) is 7.78. The molecule has 0 amide bonds. The van der Waals surface area contributed by atoms with E-state index in [1.165, 1.54) is 12.7 Å². The van der Waals surface area contributed by atoms with E-state index < -0.39 is 5.41 Å². The van der Waals surface area contributed by atoms with Crippen LogP contribution in [0.5, 0.6) is 5.75 Å². The molecule has 0 heterocycles. The van der Waals surface area contributed by atoms with Gasteiger partial charge in [-0.3, -0.25) is 4.79 Å². The first-order chi connectivity index (χ1) is 8.99. The van der Waals surface area contributed by atoms with Gasteiger partial charge in [-0.05, 0) is 38.1 Å². The van der Waals surface area contributed by atoms with E-state index in [0.29, 0.717) is 6.61 Å². The van der Waals surface area contributed by atoms with E-state index in [-0.39, 0.29) is 5.97 Å². The zero-order valence-corrected chi connectivity index (χ0v) is 12.2.